The minimum absolute atomic E-state index is 0.0967. The van der Waals surface area contributed by atoms with Gasteiger partial charge in [0.25, 0.3) is 17.5 Å². The molecule has 1 aliphatic carbocycles. The summed E-state index contributed by atoms with van der Waals surface area (Å²) in [7, 11) is 1.61. The number of hydrogen-bond donors (Lipinski definition) is 0. The normalized spacial score (nSPS) is 15.9. The number of carbonyl (C=O) groups excluding carboxylic acids is 2. The Labute approximate surface area is 161 Å². The second-order valence-electron chi connectivity index (χ2n) is 6.99. The molecule has 2 aromatic rings. The van der Waals surface area contributed by atoms with Gasteiger partial charge in [0.1, 0.15) is 5.75 Å². The number of nitrogens with zero attached hydrogens (tertiary/aromatic N) is 3. The first-order chi connectivity index (χ1) is 13.5. The van der Waals surface area contributed by atoms with Gasteiger partial charge in [-0.05, 0) is 36.6 Å². The van der Waals surface area contributed by atoms with Crippen molar-refractivity contribution >= 4 is 17.5 Å². The lowest BCUT2D eigenvalue weighted by Gasteiger charge is -2.26. The Hall–Kier alpha value is -3.26. The van der Waals surface area contributed by atoms with Gasteiger partial charge < -0.3 is 4.74 Å². The topological polar surface area (TPSA) is 93.0 Å². The van der Waals surface area contributed by atoms with E-state index < -0.39 is 16.7 Å². The van der Waals surface area contributed by atoms with Crippen LogP contribution in [0.25, 0.3) is 0 Å². The third-order valence-electron chi connectivity index (χ3n) is 5.10. The Morgan fingerprint density at radius 1 is 1.11 bits per heavy atom. The van der Waals surface area contributed by atoms with Gasteiger partial charge >= 0.3 is 0 Å². The Balaban J connectivity index is 1.53. The molecular formula is C20H19N3O5. The number of rotatable bonds is 7. The number of ether oxygens (including phenoxy) is 1. The lowest BCUT2D eigenvalue weighted by atomic mass is 10.1. The second-order valence-corrected chi connectivity index (χ2v) is 6.99. The molecule has 0 saturated heterocycles. The van der Waals surface area contributed by atoms with Crippen molar-refractivity contribution in [1.29, 1.82) is 0 Å². The van der Waals surface area contributed by atoms with Gasteiger partial charge in [0.15, 0.2) is 0 Å². The molecule has 2 aliphatic rings. The molecule has 8 heteroatoms. The summed E-state index contributed by atoms with van der Waals surface area (Å²) in [6.07, 6.45) is 2.04. The molecule has 28 heavy (non-hydrogen) atoms. The van der Waals surface area contributed by atoms with Crippen LogP contribution in [0.1, 0.15) is 39.1 Å². The number of fused-ring (bicyclic) bond motifs is 1. The fourth-order valence-electron chi connectivity index (χ4n) is 3.40. The van der Waals surface area contributed by atoms with Gasteiger partial charge in [-0.1, -0.05) is 12.1 Å². The van der Waals surface area contributed by atoms with Crippen LogP contribution in [0.15, 0.2) is 42.5 Å². The maximum Gasteiger partial charge on any atom is 0.270 e. The van der Waals surface area contributed by atoms with E-state index in [0.29, 0.717) is 12.6 Å². The summed E-state index contributed by atoms with van der Waals surface area (Å²) in [4.78, 5) is 39.1. The minimum Gasteiger partial charge on any atom is -0.497 e. The average molecular weight is 381 g/mol. The zero-order valence-corrected chi connectivity index (χ0v) is 15.3. The van der Waals surface area contributed by atoms with E-state index in [4.69, 9.17) is 4.74 Å². The molecule has 1 heterocycles. The van der Waals surface area contributed by atoms with Crippen LogP contribution in [0.5, 0.6) is 5.75 Å². The van der Waals surface area contributed by atoms with Crippen LogP contribution in [0.4, 0.5) is 5.69 Å². The standard InChI is InChI=1S/C20H19N3O5/c1-28-16-7-2-13(3-8-16)11-21(14-4-5-14)12-22-19(24)17-9-6-15(23(26)27)10-18(17)20(22)25/h2-3,6-10,14H,4-5,11-12H2,1H3. The Morgan fingerprint density at radius 2 is 1.79 bits per heavy atom. The summed E-state index contributed by atoms with van der Waals surface area (Å²) in [5.41, 5.74) is 1.18. The predicted octanol–water partition coefficient (Wildman–Crippen LogP) is 2.82. The molecule has 144 valence electrons. The van der Waals surface area contributed by atoms with E-state index in [1.807, 2.05) is 24.3 Å². The van der Waals surface area contributed by atoms with E-state index >= 15 is 0 Å². The number of imide groups is 1. The highest BCUT2D eigenvalue weighted by Crippen LogP contribution is 2.32. The number of non-ortho nitro benzene ring substituents is 1. The molecule has 0 aromatic heterocycles. The average Bonchev–Trinajstić information content (AvgIpc) is 3.52. The predicted molar refractivity (Wildman–Crippen MR) is 100 cm³/mol. The molecule has 0 N–H and O–H groups in total. The number of amides is 2. The van der Waals surface area contributed by atoms with Gasteiger partial charge in [0.2, 0.25) is 0 Å². The largest absolute Gasteiger partial charge is 0.497 e. The van der Waals surface area contributed by atoms with Crippen molar-refractivity contribution in [2.45, 2.75) is 25.4 Å². The SMILES string of the molecule is COc1ccc(CN(CN2C(=O)c3ccc([N+](=O)[O-])cc3C2=O)C2CC2)cc1. The molecule has 0 radical (unpaired) electrons. The van der Waals surface area contributed by atoms with Crippen molar-refractivity contribution < 1.29 is 19.2 Å². The first-order valence-electron chi connectivity index (χ1n) is 8.99. The second kappa shape index (κ2) is 7.05. The third-order valence-corrected chi connectivity index (χ3v) is 5.10. The molecule has 1 aliphatic heterocycles. The Kier molecular flexibility index (Phi) is 4.56. The van der Waals surface area contributed by atoms with Crippen molar-refractivity contribution in [1.82, 2.24) is 9.80 Å². The lowest BCUT2D eigenvalue weighted by Crippen LogP contribution is -2.42. The van der Waals surface area contributed by atoms with Gasteiger partial charge in [-0.25, -0.2) is 0 Å². The number of nitro benzene ring substituents is 1. The minimum atomic E-state index is -0.569. The summed E-state index contributed by atoms with van der Waals surface area (Å²) >= 11 is 0. The summed E-state index contributed by atoms with van der Waals surface area (Å²) < 4.78 is 5.17. The van der Waals surface area contributed by atoms with Crippen LogP contribution in [-0.4, -0.2) is 46.4 Å². The highest BCUT2D eigenvalue weighted by molar-refractivity contribution is 6.21. The summed E-state index contributed by atoms with van der Waals surface area (Å²) in [6.45, 7) is 0.763. The van der Waals surface area contributed by atoms with Crippen molar-refractivity contribution in [2.75, 3.05) is 13.8 Å². The first kappa shape index (κ1) is 18.1. The molecule has 0 atom stereocenters. The number of nitro groups is 1. The quantitative estimate of drug-likeness (QED) is 0.416. The number of hydrogen-bond acceptors (Lipinski definition) is 6. The van der Waals surface area contributed by atoms with E-state index in [1.54, 1.807) is 7.11 Å². The molecule has 2 aromatic carbocycles. The van der Waals surface area contributed by atoms with Gasteiger partial charge in [-0.15, -0.1) is 0 Å². The van der Waals surface area contributed by atoms with Gasteiger partial charge in [-0.3, -0.25) is 29.5 Å². The van der Waals surface area contributed by atoms with Crippen LogP contribution in [-0.2, 0) is 6.54 Å². The molecule has 1 fully saturated rings. The molecule has 8 nitrogen and oxygen atoms in total. The van der Waals surface area contributed by atoms with Crippen molar-refractivity contribution in [2.24, 2.45) is 0 Å². The van der Waals surface area contributed by atoms with Gasteiger partial charge in [0, 0.05) is 24.7 Å². The maximum absolute atomic E-state index is 12.7. The fourth-order valence-corrected chi connectivity index (χ4v) is 3.40. The summed E-state index contributed by atoms with van der Waals surface area (Å²) in [5, 5.41) is 11.0. The third kappa shape index (κ3) is 3.34. The maximum atomic E-state index is 12.7. The van der Waals surface area contributed by atoms with Crippen LogP contribution in [0, 0.1) is 10.1 Å². The van der Waals surface area contributed by atoms with Crippen LogP contribution in [0.3, 0.4) is 0 Å². The molecular weight excluding hydrogens is 362 g/mol. The van der Waals surface area contributed by atoms with Crippen molar-refractivity contribution in [3.63, 3.8) is 0 Å². The molecule has 2 amide bonds. The molecule has 0 spiro atoms. The van der Waals surface area contributed by atoms with Crippen LogP contribution in [0.2, 0.25) is 0 Å². The summed E-state index contributed by atoms with van der Waals surface area (Å²) in [5.74, 6) is -0.122. The highest BCUT2D eigenvalue weighted by atomic mass is 16.6. The van der Waals surface area contributed by atoms with Crippen LogP contribution >= 0.6 is 0 Å². The van der Waals surface area contributed by atoms with Crippen molar-refractivity contribution in [3.8, 4) is 5.75 Å². The van der Waals surface area contributed by atoms with E-state index in [-0.39, 0.29) is 23.5 Å². The van der Waals surface area contributed by atoms with Gasteiger partial charge in [0.05, 0.1) is 29.8 Å². The van der Waals surface area contributed by atoms with E-state index in [9.17, 15) is 19.7 Å². The smallest absolute Gasteiger partial charge is 0.270 e. The zero-order chi connectivity index (χ0) is 19.8. The Bertz CT molecular complexity index is 953. The molecule has 4 rings (SSSR count). The van der Waals surface area contributed by atoms with E-state index in [1.165, 1.54) is 23.1 Å². The summed E-state index contributed by atoms with van der Waals surface area (Å²) in [6, 6.07) is 11.8. The monoisotopic (exact) mass is 381 g/mol. The number of benzene rings is 2. The first-order valence-corrected chi connectivity index (χ1v) is 8.99. The fraction of sp³-hybridized carbons (Fsp3) is 0.300. The number of carbonyl (C=O) groups is 2. The lowest BCUT2D eigenvalue weighted by molar-refractivity contribution is -0.384. The van der Waals surface area contributed by atoms with Crippen molar-refractivity contribution in [3.05, 3.63) is 69.3 Å². The molecule has 0 unspecified atom stereocenters. The Morgan fingerprint density at radius 3 is 2.39 bits per heavy atom. The van der Waals surface area contributed by atoms with Gasteiger partial charge in [-0.2, -0.15) is 0 Å². The molecule has 1 saturated carbocycles. The number of methoxy groups -OCH3 is 1. The van der Waals surface area contributed by atoms with Crippen LogP contribution < -0.4 is 4.74 Å². The van der Waals surface area contributed by atoms with E-state index in [2.05, 4.69) is 4.90 Å². The zero-order valence-electron chi connectivity index (χ0n) is 15.3. The highest BCUT2D eigenvalue weighted by Gasteiger charge is 2.40. The molecule has 0 bridgehead atoms. The van der Waals surface area contributed by atoms with E-state index in [0.717, 1.165) is 24.2 Å².